The zero-order valence-electron chi connectivity index (χ0n) is 16.2. The Labute approximate surface area is 176 Å². The van der Waals surface area contributed by atoms with Crippen molar-refractivity contribution in [3.63, 3.8) is 0 Å². The normalized spacial score (nSPS) is 11.0. The van der Waals surface area contributed by atoms with E-state index in [0.717, 1.165) is 21.7 Å². The molecule has 0 saturated heterocycles. The molecule has 29 heavy (non-hydrogen) atoms. The lowest BCUT2D eigenvalue weighted by atomic mass is 10.1. The fraction of sp³-hybridized carbons (Fsp3) is 0.136. The van der Waals surface area contributed by atoms with Crippen LogP contribution in [0.15, 0.2) is 70.3 Å². The fourth-order valence-electron chi connectivity index (χ4n) is 3.31. The smallest absolute Gasteiger partial charge is 0.283 e. The standard InChI is InChI=1S/C22H19N3O2S2/c1-14-9-11-16(12-10-14)18-13-19(26)24(22(28)29-18)20-15(2)23(3)25(21(20)27)17-7-5-4-6-8-17/h4-13H,1-3H3. The second-order valence-electron chi connectivity index (χ2n) is 6.83. The third kappa shape index (κ3) is 3.32. The van der Waals surface area contributed by atoms with Gasteiger partial charge in [0.2, 0.25) is 0 Å². The van der Waals surface area contributed by atoms with Crippen LogP contribution in [-0.2, 0) is 7.05 Å². The highest BCUT2D eigenvalue weighted by Crippen LogP contribution is 2.24. The summed E-state index contributed by atoms with van der Waals surface area (Å²) < 4.78 is 4.98. The van der Waals surface area contributed by atoms with Gasteiger partial charge >= 0.3 is 0 Å². The third-order valence-electron chi connectivity index (χ3n) is 4.94. The van der Waals surface area contributed by atoms with E-state index in [2.05, 4.69) is 0 Å². The quantitative estimate of drug-likeness (QED) is 0.461. The van der Waals surface area contributed by atoms with Crippen molar-refractivity contribution in [3.05, 3.63) is 96.6 Å². The molecule has 4 rings (SSSR count). The van der Waals surface area contributed by atoms with Gasteiger partial charge < -0.3 is 0 Å². The van der Waals surface area contributed by atoms with Gasteiger partial charge in [0.15, 0.2) is 3.95 Å². The van der Waals surface area contributed by atoms with E-state index in [-0.39, 0.29) is 16.8 Å². The zero-order chi connectivity index (χ0) is 20.7. The molecule has 0 saturated carbocycles. The molecule has 0 aliphatic rings. The van der Waals surface area contributed by atoms with Gasteiger partial charge in [0.1, 0.15) is 5.69 Å². The van der Waals surface area contributed by atoms with Crippen molar-refractivity contribution >= 4 is 23.6 Å². The molecule has 2 aromatic carbocycles. The molecular weight excluding hydrogens is 402 g/mol. The highest BCUT2D eigenvalue weighted by molar-refractivity contribution is 7.73. The molecule has 0 unspecified atom stereocenters. The highest BCUT2D eigenvalue weighted by atomic mass is 32.1. The average molecular weight is 422 g/mol. The highest BCUT2D eigenvalue weighted by Gasteiger charge is 2.20. The summed E-state index contributed by atoms with van der Waals surface area (Å²) in [4.78, 5) is 27.0. The Morgan fingerprint density at radius 1 is 0.931 bits per heavy atom. The predicted octanol–water partition coefficient (Wildman–Crippen LogP) is 4.40. The second-order valence-corrected chi connectivity index (χ2v) is 8.50. The summed E-state index contributed by atoms with van der Waals surface area (Å²) >= 11 is 6.87. The lowest BCUT2D eigenvalue weighted by Crippen LogP contribution is -2.26. The van der Waals surface area contributed by atoms with Crippen molar-refractivity contribution < 1.29 is 0 Å². The molecular formula is C22H19N3O2S2. The van der Waals surface area contributed by atoms with Crippen LogP contribution in [0.3, 0.4) is 0 Å². The maximum atomic E-state index is 13.2. The summed E-state index contributed by atoms with van der Waals surface area (Å²) in [5.74, 6) is 0. The zero-order valence-corrected chi connectivity index (χ0v) is 17.9. The second kappa shape index (κ2) is 7.42. The summed E-state index contributed by atoms with van der Waals surface area (Å²) in [7, 11) is 1.80. The molecule has 0 N–H and O–H groups in total. The van der Waals surface area contributed by atoms with Crippen molar-refractivity contribution in [1.82, 2.24) is 13.9 Å². The van der Waals surface area contributed by atoms with E-state index in [1.807, 2.05) is 68.4 Å². The van der Waals surface area contributed by atoms with E-state index in [1.54, 1.807) is 22.5 Å². The monoisotopic (exact) mass is 421 g/mol. The van der Waals surface area contributed by atoms with E-state index < -0.39 is 0 Å². The Kier molecular flexibility index (Phi) is 4.94. The third-order valence-corrected chi connectivity index (χ3v) is 6.30. The first kappa shape index (κ1) is 19.3. The molecule has 0 amide bonds. The topological polar surface area (TPSA) is 48.9 Å². The van der Waals surface area contributed by atoms with Gasteiger partial charge in [-0.15, -0.1) is 11.3 Å². The first-order chi connectivity index (χ1) is 13.9. The SMILES string of the molecule is Cc1ccc(-c2cc(=O)n(-c3c(C)n(C)n(-c4ccccc4)c3=O)c(=S)s2)cc1. The number of nitrogens with zero attached hydrogens (tertiary/aromatic N) is 3. The van der Waals surface area contributed by atoms with Gasteiger partial charge in [0.25, 0.3) is 11.1 Å². The molecule has 7 heteroatoms. The van der Waals surface area contributed by atoms with Crippen molar-refractivity contribution in [2.45, 2.75) is 13.8 Å². The summed E-state index contributed by atoms with van der Waals surface area (Å²) in [5.41, 5.74) is 3.18. The lowest BCUT2D eigenvalue weighted by Gasteiger charge is -2.07. The average Bonchev–Trinajstić information content (AvgIpc) is 2.92. The molecule has 0 bridgehead atoms. The van der Waals surface area contributed by atoms with E-state index >= 15 is 0 Å². The molecule has 0 fully saturated rings. The number of para-hydroxylation sites is 1. The van der Waals surface area contributed by atoms with Crippen molar-refractivity contribution in [2.24, 2.45) is 7.05 Å². The number of aromatic nitrogens is 3. The van der Waals surface area contributed by atoms with Gasteiger partial charge in [-0.3, -0.25) is 18.8 Å². The number of aryl methyl sites for hydroxylation is 1. The summed E-state index contributed by atoms with van der Waals surface area (Å²) in [6.07, 6.45) is 0. The van der Waals surface area contributed by atoms with Gasteiger partial charge in [0, 0.05) is 18.0 Å². The minimum Gasteiger partial charge on any atom is -0.283 e. The Morgan fingerprint density at radius 3 is 2.21 bits per heavy atom. The van der Waals surface area contributed by atoms with E-state index in [1.165, 1.54) is 15.9 Å². The van der Waals surface area contributed by atoms with Crippen LogP contribution in [0.4, 0.5) is 0 Å². The summed E-state index contributed by atoms with van der Waals surface area (Å²) in [6, 6.07) is 18.8. The Morgan fingerprint density at radius 2 is 1.59 bits per heavy atom. The molecule has 0 aliphatic heterocycles. The minimum absolute atomic E-state index is 0.278. The largest absolute Gasteiger partial charge is 0.296 e. The molecule has 146 valence electrons. The van der Waals surface area contributed by atoms with Gasteiger partial charge in [-0.05, 0) is 43.8 Å². The molecule has 0 spiro atoms. The molecule has 4 aromatic rings. The first-order valence-corrected chi connectivity index (χ1v) is 10.3. The van der Waals surface area contributed by atoms with Crippen LogP contribution in [0.25, 0.3) is 21.8 Å². The van der Waals surface area contributed by atoms with Crippen LogP contribution in [0.2, 0.25) is 0 Å². The van der Waals surface area contributed by atoms with Crippen LogP contribution in [0.1, 0.15) is 11.3 Å². The molecule has 0 atom stereocenters. The fourth-order valence-corrected chi connectivity index (χ4v) is 4.63. The Hall–Kier alpha value is -3.03. The van der Waals surface area contributed by atoms with E-state index in [4.69, 9.17) is 12.2 Å². The van der Waals surface area contributed by atoms with Crippen molar-refractivity contribution in [2.75, 3.05) is 0 Å². The van der Waals surface area contributed by atoms with Gasteiger partial charge in [-0.2, -0.15) is 0 Å². The number of rotatable bonds is 3. The van der Waals surface area contributed by atoms with Crippen LogP contribution in [0.5, 0.6) is 0 Å². The molecule has 0 radical (unpaired) electrons. The van der Waals surface area contributed by atoms with Crippen molar-refractivity contribution in [3.8, 4) is 21.8 Å². The van der Waals surface area contributed by atoms with Crippen LogP contribution >= 0.6 is 23.6 Å². The van der Waals surface area contributed by atoms with Gasteiger partial charge in [-0.25, -0.2) is 4.68 Å². The summed E-state index contributed by atoms with van der Waals surface area (Å²) in [5, 5.41) is 0. The Bertz CT molecular complexity index is 1340. The van der Waals surface area contributed by atoms with Crippen molar-refractivity contribution in [1.29, 1.82) is 0 Å². The number of benzene rings is 2. The maximum absolute atomic E-state index is 13.2. The summed E-state index contributed by atoms with van der Waals surface area (Å²) in [6.45, 7) is 3.83. The van der Waals surface area contributed by atoms with E-state index in [0.29, 0.717) is 9.65 Å². The molecule has 2 aromatic heterocycles. The van der Waals surface area contributed by atoms with E-state index in [9.17, 15) is 9.59 Å². The molecule has 0 aliphatic carbocycles. The van der Waals surface area contributed by atoms with Crippen LogP contribution < -0.4 is 11.1 Å². The first-order valence-electron chi connectivity index (χ1n) is 9.07. The Balaban J connectivity index is 1.93. The number of hydrogen-bond donors (Lipinski definition) is 0. The predicted molar refractivity (Wildman–Crippen MR) is 120 cm³/mol. The molecule has 5 nitrogen and oxygen atoms in total. The minimum atomic E-state index is -0.310. The van der Waals surface area contributed by atoms with Crippen LogP contribution in [-0.4, -0.2) is 13.9 Å². The maximum Gasteiger partial charge on any atom is 0.296 e. The molecule has 2 heterocycles. The van der Waals surface area contributed by atoms with Gasteiger partial charge in [-0.1, -0.05) is 48.0 Å². The lowest BCUT2D eigenvalue weighted by molar-refractivity contribution is 0.630. The number of hydrogen-bond acceptors (Lipinski definition) is 4. The van der Waals surface area contributed by atoms with Gasteiger partial charge in [0.05, 0.1) is 11.4 Å². The van der Waals surface area contributed by atoms with Crippen LogP contribution in [0, 0.1) is 17.8 Å².